The highest BCUT2D eigenvalue weighted by Gasteiger charge is 2.35. The van der Waals surface area contributed by atoms with Gasteiger partial charge in [0.25, 0.3) is 0 Å². The average molecular weight is 462 g/mol. The molecule has 0 aromatic carbocycles. The number of nitrogens with one attached hydrogen (secondary N) is 1. The minimum atomic E-state index is -1.15. The minimum Gasteiger partial charge on any atom is -0.459 e. The SMILES string of the molecule is CC(=O)SCC(CCC(C(=O)OC(C)(C)C)C(=O)OC(C)(C)C)NC(=O)OC(C)(C)C. The van der Waals surface area contributed by atoms with Crippen LogP contribution in [0.3, 0.4) is 0 Å². The summed E-state index contributed by atoms with van der Waals surface area (Å²) in [5.74, 6) is -2.23. The highest BCUT2D eigenvalue weighted by Crippen LogP contribution is 2.22. The van der Waals surface area contributed by atoms with Gasteiger partial charge in [-0.25, -0.2) is 4.79 Å². The van der Waals surface area contributed by atoms with Crippen LogP contribution in [0.5, 0.6) is 0 Å². The summed E-state index contributed by atoms with van der Waals surface area (Å²) in [4.78, 5) is 49.0. The molecular formula is C22H39NO7S. The van der Waals surface area contributed by atoms with E-state index in [1.807, 2.05) is 0 Å². The Bertz CT molecular complexity index is 614. The van der Waals surface area contributed by atoms with E-state index in [0.717, 1.165) is 11.8 Å². The molecule has 1 atom stereocenters. The van der Waals surface area contributed by atoms with Crippen molar-refractivity contribution in [3.05, 3.63) is 0 Å². The fourth-order valence-electron chi connectivity index (χ4n) is 2.33. The van der Waals surface area contributed by atoms with E-state index in [0.29, 0.717) is 0 Å². The molecule has 0 radical (unpaired) electrons. The van der Waals surface area contributed by atoms with Gasteiger partial charge in [-0.15, -0.1) is 0 Å². The van der Waals surface area contributed by atoms with Crippen molar-refractivity contribution in [1.82, 2.24) is 5.32 Å². The van der Waals surface area contributed by atoms with E-state index in [2.05, 4.69) is 5.32 Å². The van der Waals surface area contributed by atoms with Crippen LogP contribution in [-0.4, -0.2) is 51.7 Å². The quantitative estimate of drug-likeness (QED) is 0.325. The first kappa shape index (κ1) is 29.2. The molecular weight excluding hydrogens is 422 g/mol. The lowest BCUT2D eigenvalue weighted by Crippen LogP contribution is -2.42. The molecule has 0 spiro atoms. The molecule has 0 aliphatic heterocycles. The van der Waals surface area contributed by atoms with Crippen molar-refractivity contribution in [2.75, 3.05) is 5.75 Å². The Labute approximate surface area is 190 Å². The average Bonchev–Trinajstić information content (AvgIpc) is 2.46. The summed E-state index contributed by atoms with van der Waals surface area (Å²) in [6, 6.07) is -0.490. The van der Waals surface area contributed by atoms with E-state index in [1.165, 1.54) is 6.92 Å². The van der Waals surface area contributed by atoms with Crippen LogP contribution in [0.25, 0.3) is 0 Å². The van der Waals surface area contributed by atoms with Crippen molar-refractivity contribution < 1.29 is 33.4 Å². The molecule has 9 heteroatoms. The molecule has 0 heterocycles. The van der Waals surface area contributed by atoms with Crippen LogP contribution >= 0.6 is 11.8 Å². The molecule has 0 aliphatic rings. The number of hydrogen-bond donors (Lipinski definition) is 1. The molecule has 8 nitrogen and oxygen atoms in total. The van der Waals surface area contributed by atoms with Gasteiger partial charge in [-0.2, -0.15) is 0 Å². The van der Waals surface area contributed by atoms with Gasteiger partial charge in [0, 0.05) is 18.7 Å². The number of amides is 1. The van der Waals surface area contributed by atoms with Crippen molar-refractivity contribution in [1.29, 1.82) is 0 Å². The molecule has 0 aromatic rings. The molecule has 1 unspecified atom stereocenters. The van der Waals surface area contributed by atoms with Crippen LogP contribution in [0.1, 0.15) is 82.1 Å². The largest absolute Gasteiger partial charge is 0.459 e. The van der Waals surface area contributed by atoms with E-state index >= 15 is 0 Å². The molecule has 1 amide bonds. The molecule has 0 aromatic heterocycles. The number of carbonyl (C=O) groups is 4. The lowest BCUT2D eigenvalue weighted by atomic mass is 9.99. The standard InChI is InChI=1S/C22H39NO7S/c1-14(24)31-13-15(23-19(27)30-22(8,9)10)11-12-16(17(25)28-20(2,3)4)18(26)29-21(5,6)7/h15-16H,11-13H2,1-10H3,(H,23,27). The highest BCUT2D eigenvalue weighted by atomic mass is 32.2. The maximum Gasteiger partial charge on any atom is 0.407 e. The molecule has 180 valence electrons. The summed E-state index contributed by atoms with van der Waals surface area (Å²) in [7, 11) is 0. The van der Waals surface area contributed by atoms with Crippen LogP contribution in [0.4, 0.5) is 4.79 Å². The third kappa shape index (κ3) is 15.6. The van der Waals surface area contributed by atoms with Gasteiger partial charge >= 0.3 is 18.0 Å². The highest BCUT2D eigenvalue weighted by molar-refractivity contribution is 8.13. The number of esters is 2. The van der Waals surface area contributed by atoms with Gasteiger partial charge in [0.1, 0.15) is 16.8 Å². The Balaban J connectivity index is 5.41. The molecule has 0 saturated carbocycles. The number of rotatable bonds is 8. The van der Waals surface area contributed by atoms with Gasteiger partial charge in [-0.05, 0) is 75.2 Å². The topological polar surface area (TPSA) is 108 Å². The van der Waals surface area contributed by atoms with Crippen LogP contribution in [0.15, 0.2) is 0 Å². The normalized spacial score (nSPS) is 13.4. The molecule has 0 fully saturated rings. The zero-order valence-electron chi connectivity index (χ0n) is 20.5. The molecule has 1 N–H and O–H groups in total. The Morgan fingerprint density at radius 2 is 1.16 bits per heavy atom. The summed E-state index contributed by atoms with van der Waals surface area (Å²) in [6.07, 6.45) is -0.293. The Morgan fingerprint density at radius 3 is 1.52 bits per heavy atom. The van der Waals surface area contributed by atoms with Crippen molar-refractivity contribution in [3.8, 4) is 0 Å². The monoisotopic (exact) mass is 461 g/mol. The van der Waals surface area contributed by atoms with E-state index < -0.39 is 46.8 Å². The first-order valence-corrected chi connectivity index (χ1v) is 11.4. The zero-order valence-corrected chi connectivity index (χ0v) is 21.4. The second-order valence-corrected chi connectivity index (χ2v) is 11.5. The van der Waals surface area contributed by atoms with Crippen LogP contribution < -0.4 is 5.32 Å². The first-order chi connectivity index (χ1) is 13.8. The Morgan fingerprint density at radius 1 is 0.742 bits per heavy atom. The van der Waals surface area contributed by atoms with Gasteiger partial charge in [0.05, 0.1) is 0 Å². The van der Waals surface area contributed by atoms with E-state index in [1.54, 1.807) is 62.3 Å². The fourth-order valence-corrected chi connectivity index (χ4v) is 3.02. The van der Waals surface area contributed by atoms with E-state index in [9.17, 15) is 19.2 Å². The van der Waals surface area contributed by atoms with Crippen molar-refractivity contribution >= 4 is 34.9 Å². The molecule has 31 heavy (non-hydrogen) atoms. The maximum absolute atomic E-state index is 12.7. The predicted molar refractivity (Wildman–Crippen MR) is 121 cm³/mol. The minimum absolute atomic E-state index is 0.0861. The summed E-state index contributed by atoms with van der Waals surface area (Å²) < 4.78 is 16.1. The lowest BCUT2D eigenvalue weighted by Gasteiger charge is -2.27. The van der Waals surface area contributed by atoms with Gasteiger partial charge in [0.15, 0.2) is 11.0 Å². The third-order valence-corrected chi connectivity index (χ3v) is 4.37. The first-order valence-electron chi connectivity index (χ1n) is 10.4. The molecule has 0 rings (SSSR count). The number of ether oxygens (including phenoxy) is 3. The van der Waals surface area contributed by atoms with E-state index in [-0.39, 0.29) is 23.7 Å². The van der Waals surface area contributed by atoms with Crippen molar-refractivity contribution in [2.45, 2.75) is 105 Å². The second kappa shape index (κ2) is 11.7. The zero-order chi connectivity index (χ0) is 24.6. The number of hydrogen-bond acceptors (Lipinski definition) is 8. The van der Waals surface area contributed by atoms with Crippen molar-refractivity contribution in [3.63, 3.8) is 0 Å². The Hall–Kier alpha value is -1.77. The van der Waals surface area contributed by atoms with Crippen LogP contribution in [-0.2, 0) is 28.6 Å². The maximum atomic E-state index is 12.7. The van der Waals surface area contributed by atoms with Gasteiger partial charge in [-0.3, -0.25) is 14.4 Å². The van der Waals surface area contributed by atoms with Gasteiger partial charge < -0.3 is 19.5 Å². The second-order valence-electron chi connectivity index (χ2n) is 10.3. The van der Waals surface area contributed by atoms with Gasteiger partial charge in [0.2, 0.25) is 0 Å². The lowest BCUT2D eigenvalue weighted by molar-refractivity contribution is -0.174. The number of carbonyl (C=O) groups excluding carboxylic acids is 4. The molecule has 0 aliphatic carbocycles. The molecule has 0 saturated heterocycles. The van der Waals surface area contributed by atoms with E-state index in [4.69, 9.17) is 14.2 Å². The fraction of sp³-hybridized carbons (Fsp3) is 0.818. The third-order valence-electron chi connectivity index (χ3n) is 3.40. The van der Waals surface area contributed by atoms with Crippen LogP contribution in [0.2, 0.25) is 0 Å². The molecule has 0 bridgehead atoms. The summed E-state index contributed by atoms with van der Waals surface area (Å²) in [6.45, 7) is 17.0. The number of alkyl carbamates (subject to hydrolysis) is 1. The summed E-state index contributed by atoms with van der Waals surface area (Å²) >= 11 is 1.05. The smallest absolute Gasteiger partial charge is 0.407 e. The van der Waals surface area contributed by atoms with Crippen molar-refractivity contribution in [2.24, 2.45) is 5.92 Å². The Kier molecular flexibility index (Phi) is 11.1. The van der Waals surface area contributed by atoms with Crippen LogP contribution in [0, 0.1) is 5.92 Å². The summed E-state index contributed by atoms with van der Waals surface area (Å²) in [5.41, 5.74) is -2.22. The predicted octanol–water partition coefficient (Wildman–Crippen LogP) is 4.24. The summed E-state index contributed by atoms with van der Waals surface area (Å²) in [5, 5.41) is 2.62. The number of thioether (sulfide) groups is 1. The van der Waals surface area contributed by atoms with Gasteiger partial charge in [-0.1, -0.05) is 11.8 Å².